The SMILES string of the molecule is CCOC(=O)C1=NO[C@@H]2C[C@@](NC(=O)OC(C)(C)C)(C(=O)OC)C[C@H]12. The molecule has 1 aliphatic heterocycles. The number of hydrogen-bond acceptors (Lipinski definition) is 8. The highest BCUT2D eigenvalue weighted by Gasteiger charge is 2.58. The standard InChI is InChI=1S/C16H24N2O7/c1-6-23-12(19)11-9-7-16(13(20)22-5,8-10(9)25-18-11)17-14(21)24-15(2,3)4/h9-10H,6-8H2,1-5H3,(H,17,21)/t9-,10+,16+/m0/s1. The van der Waals surface area contributed by atoms with Gasteiger partial charge in [0, 0.05) is 6.42 Å². The predicted molar refractivity (Wildman–Crippen MR) is 85.8 cm³/mol. The van der Waals surface area contributed by atoms with Crippen LogP contribution < -0.4 is 5.32 Å². The quantitative estimate of drug-likeness (QED) is 0.594. The molecule has 1 saturated carbocycles. The van der Waals surface area contributed by atoms with Gasteiger partial charge in [-0.2, -0.15) is 0 Å². The summed E-state index contributed by atoms with van der Waals surface area (Å²) in [7, 11) is 1.23. The van der Waals surface area contributed by atoms with E-state index in [1.54, 1.807) is 27.7 Å². The molecular weight excluding hydrogens is 332 g/mol. The molecule has 3 atom stereocenters. The van der Waals surface area contributed by atoms with E-state index < -0.39 is 41.2 Å². The monoisotopic (exact) mass is 356 g/mol. The molecule has 0 unspecified atom stereocenters. The normalized spacial score (nSPS) is 27.6. The summed E-state index contributed by atoms with van der Waals surface area (Å²) in [5.41, 5.74) is -1.95. The zero-order valence-electron chi connectivity index (χ0n) is 15.1. The van der Waals surface area contributed by atoms with Crippen LogP contribution >= 0.6 is 0 Å². The highest BCUT2D eigenvalue weighted by molar-refractivity contribution is 6.37. The van der Waals surface area contributed by atoms with Gasteiger partial charge in [0.15, 0.2) is 5.71 Å². The number of fused-ring (bicyclic) bond motifs is 1. The smallest absolute Gasteiger partial charge is 0.408 e. The van der Waals surface area contributed by atoms with Crippen LogP contribution in [0.15, 0.2) is 5.16 Å². The molecule has 9 nitrogen and oxygen atoms in total. The van der Waals surface area contributed by atoms with Crippen LogP contribution in [0.1, 0.15) is 40.5 Å². The molecule has 0 aromatic heterocycles. The van der Waals surface area contributed by atoms with Crippen molar-refractivity contribution in [2.45, 2.75) is 57.8 Å². The van der Waals surface area contributed by atoms with Gasteiger partial charge in [-0.1, -0.05) is 5.16 Å². The number of rotatable bonds is 4. The summed E-state index contributed by atoms with van der Waals surface area (Å²) in [5.74, 6) is -1.68. The van der Waals surface area contributed by atoms with Crippen molar-refractivity contribution in [1.29, 1.82) is 0 Å². The van der Waals surface area contributed by atoms with E-state index >= 15 is 0 Å². The van der Waals surface area contributed by atoms with E-state index in [4.69, 9.17) is 19.0 Å². The lowest BCUT2D eigenvalue weighted by atomic mass is 9.94. The number of esters is 2. The molecule has 9 heteroatoms. The van der Waals surface area contributed by atoms with Gasteiger partial charge in [-0.15, -0.1) is 0 Å². The first-order chi connectivity index (χ1) is 11.6. The summed E-state index contributed by atoms with van der Waals surface area (Å²) in [6.07, 6.45) is -1.03. The summed E-state index contributed by atoms with van der Waals surface area (Å²) >= 11 is 0. The van der Waals surface area contributed by atoms with Gasteiger partial charge in [-0.3, -0.25) is 0 Å². The van der Waals surface area contributed by atoms with Gasteiger partial charge in [0.2, 0.25) is 0 Å². The zero-order chi connectivity index (χ0) is 18.8. The number of amides is 1. The number of carbonyl (C=O) groups excluding carboxylic acids is 3. The van der Waals surface area contributed by atoms with Crippen LogP contribution in [0.3, 0.4) is 0 Å². The van der Waals surface area contributed by atoms with Gasteiger partial charge in [0.25, 0.3) is 0 Å². The van der Waals surface area contributed by atoms with Crippen LogP contribution in [-0.4, -0.2) is 54.7 Å². The zero-order valence-corrected chi connectivity index (χ0v) is 15.1. The van der Waals surface area contributed by atoms with Gasteiger partial charge in [-0.25, -0.2) is 14.4 Å². The second-order valence-electron chi connectivity index (χ2n) is 7.06. The lowest BCUT2D eigenvalue weighted by Crippen LogP contribution is -2.55. The van der Waals surface area contributed by atoms with Crippen molar-refractivity contribution in [3.63, 3.8) is 0 Å². The first-order valence-corrected chi connectivity index (χ1v) is 8.12. The fourth-order valence-electron chi connectivity index (χ4n) is 3.06. The third kappa shape index (κ3) is 4.02. The summed E-state index contributed by atoms with van der Waals surface area (Å²) < 4.78 is 15.0. The molecule has 0 spiro atoms. The Bertz CT molecular complexity index is 596. The largest absolute Gasteiger partial charge is 0.467 e. The van der Waals surface area contributed by atoms with Gasteiger partial charge < -0.3 is 24.4 Å². The first kappa shape index (κ1) is 19.0. The minimum absolute atomic E-state index is 0.112. The second-order valence-corrected chi connectivity index (χ2v) is 7.06. The summed E-state index contributed by atoms with van der Waals surface area (Å²) in [6, 6.07) is 0. The minimum atomic E-state index is -1.35. The third-order valence-electron chi connectivity index (χ3n) is 4.01. The molecule has 0 aromatic rings. The summed E-state index contributed by atoms with van der Waals surface area (Å²) in [6.45, 7) is 7.04. The Morgan fingerprint density at radius 1 is 1.32 bits per heavy atom. The molecule has 1 heterocycles. The van der Waals surface area contributed by atoms with Crippen molar-refractivity contribution in [3.8, 4) is 0 Å². The molecule has 0 bridgehead atoms. The molecule has 0 radical (unpaired) electrons. The number of methoxy groups -OCH3 is 1. The van der Waals surface area contributed by atoms with Crippen molar-refractivity contribution in [2.24, 2.45) is 11.1 Å². The van der Waals surface area contributed by atoms with Crippen LogP contribution in [0.4, 0.5) is 4.79 Å². The number of carbonyl (C=O) groups is 3. The molecule has 1 amide bonds. The number of nitrogens with one attached hydrogen (secondary N) is 1. The van der Waals surface area contributed by atoms with Crippen molar-refractivity contribution in [3.05, 3.63) is 0 Å². The molecule has 1 aliphatic carbocycles. The molecule has 140 valence electrons. The molecule has 1 N–H and O–H groups in total. The molecule has 0 aromatic carbocycles. The minimum Gasteiger partial charge on any atom is -0.467 e. The number of hydrogen-bond donors (Lipinski definition) is 1. The van der Waals surface area contributed by atoms with Crippen molar-refractivity contribution in [2.75, 3.05) is 13.7 Å². The number of ether oxygens (including phenoxy) is 3. The van der Waals surface area contributed by atoms with Crippen molar-refractivity contribution < 1.29 is 33.4 Å². The highest BCUT2D eigenvalue weighted by Crippen LogP contribution is 2.42. The molecule has 1 fully saturated rings. The Morgan fingerprint density at radius 2 is 2.00 bits per heavy atom. The Labute approximate surface area is 146 Å². The third-order valence-corrected chi connectivity index (χ3v) is 4.01. The highest BCUT2D eigenvalue weighted by atomic mass is 16.6. The van der Waals surface area contributed by atoms with Gasteiger partial charge in [0.1, 0.15) is 17.2 Å². The van der Waals surface area contributed by atoms with E-state index in [-0.39, 0.29) is 25.2 Å². The van der Waals surface area contributed by atoms with Crippen LogP contribution in [-0.2, 0) is 28.6 Å². The molecule has 2 rings (SSSR count). The fraction of sp³-hybridized carbons (Fsp3) is 0.750. The molecule has 25 heavy (non-hydrogen) atoms. The maximum Gasteiger partial charge on any atom is 0.408 e. The maximum atomic E-state index is 12.4. The summed E-state index contributed by atoms with van der Waals surface area (Å²) in [4.78, 5) is 41.8. The van der Waals surface area contributed by atoms with Crippen molar-refractivity contribution >= 4 is 23.7 Å². The van der Waals surface area contributed by atoms with E-state index in [9.17, 15) is 14.4 Å². The molecule has 2 aliphatic rings. The predicted octanol–water partition coefficient (Wildman–Crippen LogP) is 1.15. The van der Waals surface area contributed by atoms with Crippen LogP contribution in [0.2, 0.25) is 0 Å². The average molecular weight is 356 g/mol. The Balaban J connectivity index is 2.18. The van der Waals surface area contributed by atoms with Crippen LogP contribution in [0.25, 0.3) is 0 Å². The Kier molecular flexibility index (Phi) is 5.24. The Hall–Kier alpha value is -2.32. The van der Waals surface area contributed by atoms with Crippen LogP contribution in [0, 0.1) is 5.92 Å². The van der Waals surface area contributed by atoms with Crippen molar-refractivity contribution in [1.82, 2.24) is 5.32 Å². The summed E-state index contributed by atoms with van der Waals surface area (Å²) in [5, 5.41) is 6.37. The van der Waals surface area contributed by atoms with E-state index in [1.807, 2.05) is 0 Å². The number of alkyl carbamates (subject to hydrolysis) is 1. The fourth-order valence-corrected chi connectivity index (χ4v) is 3.06. The molecular formula is C16H24N2O7. The van der Waals surface area contributed by atoms with E-state index in [0.29, 0.717) is 0 Å². The van der Waals surface area contributed by atoms with E-state index in [1.165, 1.54) is 7.11 Å². The molecule has 0 saturated heterocycles. The van der Waals surface area contributed by atoms with E-state index in [0.717, 1.165) is 0 Å². The van der Waals surface area contributed by atoms with Gasteiger partial charge in [-0.05, 0) is 34.1 Å². The lowest BCUT2D eigenvalue weighted by molar-refractivity contribution is -0.149. The second kappa shape index (κ2) is 6.89. The average Bonchev–Trinajstić information content (AvgIpc) is 3.02. The number of oxime groups is 1. The van der Waals surface area contributed by atoms with E-state index in [2.05, 4.69) is 10.5 Å². The van der Waals surface area contributed by atoms with Crippen LogP contribution in [0.5, 0.6) is 0 Å². The number of nitrogens with zero attached hydrogens (tertiary/aromatic N) is 1. The van der Waals surface area contributed by atoms with Gasteiger partial charge >= 0.3 is 18.0 Å². The Morgan fingerprint density at radius 3 is 2.56 bits per heavy atom. The topological polar surface area (TPSA) is 113 Å². The first-order valence-electron chi connectivity index (χ1n) is 8.12. The lowest BCUT2D eigenvalue weighted by Gasteiger charge is -2.29. The van der Waals surface area contributed by atoms with Gasteiger partial charge in [0.05, 0.1) is 19.6 Å². The maximum absolute atomic E-state index is 12.4.